The number of nitrogens with zero attached hydrogens (tertiary/aromatic N) is 2. The summed E-state index contributed by atoms with van der Waals surface area (Å²) in [7, 11) is 0.239. The van der Waals surface area contributed by atoms with Crippen molar-refractivity contribution in [2.45, 2.75) is 18.7 Å². The van der Waals surface area contributed by atoms with Gasteiger partial charge in [-0.3, -0.25) is 13.8 Å². The van der Waals surface area contributed by atoms with Crippen LogP contribution in [-0.2, 0) is 26.9 Å². The fraction of sp³-hybridized carbons (Fsp3) is 0.545. The summed E-state index contributed by atoms with van der Waals surface area (Å²) in [6.45, 7) is 1.90. The second-order valence-corrected chi connectivity index (χ2v) is 6.28. The molecule has 0 aromatic carbocycles. The number of methoxy groups -OCH3 is 1. The minimum atomic E-state index is -0.980. The number of halogens is 1. The summed E-state index contributed by atoms with van der Waals surface area (Å²) in [6.07, 6.45) is 2.94. The number of carbonyl (C=O) groups excluding carboxylic acids is 1. The molecule has 0 saturated carbocycles. The summed E-state index contributed by atoms with van der Waals surface area (Å²) < 4.78 is 16.6. The van der Waals surface area contributed by atoms with E-state index in [1.54, 1.807) is 6.26 Å². The maximum absolute atomic E-state index is 11.9. The third kappa shape index (κ3) is 4.31. The van der Waals surface area contributed by atoms with Crippen LogP contribution in [0.15, 0.2) is 11.0 Å². The molecular weight excluding hydrogens is 306 g/mol. The van der Waals surface area contributed by atoms with E-state index in [0.717, 1.165) is 4.68 Å². The molecule has 1 aromatic rings. The van der Waals surface area contributed by atoms with Gasteiger partial charge in [0, 0.05) is 28.9 Å². The molecule has 0 fully saturated rings. The molecule has 0 aliphatic carbocycles. The minimum Gasteiger partial charge on any atom is -0.468 e. The molecule has 1 heterocycles. The first-order chi connectivity index (χ1) is 9.36. The van der Waals surface area contributed by atoms with E-state index >= 15 is 0 Å². The highest BCUT2D eigenvalue weighted by Gasteiger charge is 2.13. The van der Waals surface area contributed by atoms with Crippen molar-refractivity contribution in [1.82, 2.24) is 9.78 Å². The average Bonchev–Trinajstić information content (AvgIpc) is 2.42. The number of anilines is 1. The Labute approximate surface area is 123 Å². The molecule has 1 N–H and O–H groups in total. The third-order valence-corrected chi connectivity index (χ3v) is 4.30. The number of hydrogen-bond acceptors (Lipinski definition) is 6. The van der Waals surface area contributed by atoms with Gasteiger partial charge in [0.1, 0.15) is 11.6 Å². The van der Waals surface area contributed by atoms with E-state index in [-0.39, 0.29) is 16.8 Å². The Morgan fingerprint density at radius 3 is 2.85 bits per heavy atom. The zero-order chi connectivity index (χ0) is 15.3. The van der Waals surface area contributed by atoms with Gasteiger partial charge in [-0.2, -0.15) is 5.10 Å². The second kappa shape index (κ2) is 7.39. The molecule has 112 valence electrons. The number of esters is 1. The Kier molecular flexibility index (Phi) is 6.15. The van der Waals surface area contributed by atoms with E-state index in [1.807, 2.05) is 6.92 Å². The predicted molar refractivity (Wildman–Crippen MR) is 77.5 cm³/mol. The van der Waals surface area contributed by atoms with Crippen LogP contribution in [0.5, 0.6) is 0 Å². The van der Waals surface area contributed by atoms with Crippen LogP contribution < -0.4 is 10.9 Å². The Bertz CT molecular complexity index is 575. The Balaban J connectivity index is 2.86. The molecule has 2 atom stereocenters. The third-order valence-electron chi connectivity index (χ3n) is 2.64. The summed E-state index contributed by atoms with van der Waals surface area (Å²) in [4.78, 5) is 23.0. The van der Waals surface area contributed by atoms with Crippen molar-refractivity contribution in [1.29, 1.82) is 0 Å². The maximum Gasteiger partial charge on any atom is 0.327 e. The van der Waals surface area contributed by atoms with Crippen molar-refractivity contribution >= 4 is 34.1 Å². The first-order valence-corrected chi connectivity index (χ1v) is 7.75. The van der Waals surface area contributed by atoms with Crippen molar-refractivity contribution in [2.75, 3.05) is 25.2 Å². The van der Waals surface area contributed by atoms with E-state index in [1.165, 1.54) is 13.3 Å². The molecule has 0 aliphatic rings. The quantitative estimate of drug-likeness (QED) is 0.755. The molecule has 1 aromatic heterocycles. The number of hydrogen-bond donors (Lipinski definition) is 1. The van der Waals surface area contributed by atoms with Gasteiger partial charge in [0.2, 0.25) is 0 Å². The molecule has 0 amide bonds. The summed E-state index contributed by atoms with van der Waals surface area (Å²) >= 11 is 5.92. The van der Waals surface area contributed by atoms with Gasteiger partial charge in [-0.15, -0.1) is 0 Å². The van der Waals surface area contributed by atoms with Crippen LogP contribution in [0.4, 0.5) is 5.69 Å². The van der Waals surface area contributed by atoms with Crippen LogP contribution in [0.25, 0.3) is 0 Å². The maximum atomic E-state index is 11.9. The number of rotatable bonds is 6. The topological polar surface area (TPSA) is 90.3 Å². The van der Waals surface area contributed by atoms with E-state index in [4.69, 9.17) is 11.6 Å². The number of aromatic nitrogens is 2. The van der Waals surface area contributed by atoms with Gasteiger partial charge in [0.15, 0.2) is 0 Å². The SMILES string of the molecule is COC(=O)Cn1ncc(NCC(C)S(C)=O)c(Cl)c1=O. The Morgan fingerprint density at radius 1 is 1.65 bits per heavy atom. The first-order valence-electron chi connectivity index (χ1n) is 5.75. The normalized spacial score (nSPS) is 13.6. The number of ether oxygens (including phenoxy) is 1. The van der Waals surface area contributed by atoms with E-state index in [0.29, 0.717) is 12.2 Å². The van der Waals surface area contributed by atoms with Crippen LogP contribution in [0.2, 0.25) is 5.02 Å². The Morgan fingerprint density at radius 2 is 2.30 bits per heavy atom. The molecule has 0 bridgehead atoms. The van der Waals surface area contributed by atoms with Gasteiger partial charge in [-0.05, 0) is 6.92 Å². The summed E-state index contributed by atoms with van der Waals surface area (Å²) in [5.74, 6) is -0.591. The monoisotopic (exact) mass is 321 g/mol. The average molecular weight is 322 g/mol. The molecule has 0 radical (unpaired) electrons. The molecule has 0 aliphatic heterocycles. The molecule has 9 heteroatoms. The fourth-order valence-corrected chi connectivity index (χ4v) is 1.79. The minimum absolute atomic E-state index is 0.0713. The van der Waals surface area contributed by atoms with Gasteiger partial charge in [0.05, 0.1) is 19.0 Å². The van der Waals surface area contributed by atoms with E-state index < -0.39 is 22.3 Å². The lowest BCUT2D eigenvalue weighted by Crippen LogP contribution is -2.29. The predicted octanol–water partition coefficient (Wildman–Crippen LogP) is 0.249. The van der Waals surface area contributed by atoms with Gasteiger partial charge < -0.3 is 10.1 Å². The largest absolute Gasteiger partial charge is 0.468 e. The lowest BCUT2D eigenvalue weighted by molar-refractivity contribution is -0.141. The van der Waals surface area contributed by atoms with Crippen molar-refractivity contribution in [3.8, 4) is 0 Å². The van der Waals surface area contributed by atoms with Gasteiger partial charge in [-0.25, -0.2) is 4.68 Å². The van der Waals surface area contributed by atoms with Crippen LogP contribution in [-0.4, -0.2) is 45.1 Å². The summed E-state index contributed by atoms with van der Waals surface area (Å²) in [5, 5.41) is 6.58. The smallest absolute Gasteiger partial charge is 0.327 e. The highest BCUT2D eigenvalue weighted by molar-refractivity contribution is 7.84. The first kappa shape index (κ1) is 16.6. The van der Waals surface area contributed by atoms with Crippen molar-refractivity contribution < 1.29 is 13.7 Å². The van der Waals surface area contributed by atoms with E-state index in [2.05, 4.69) is 15.2 Å². The number of carbonyl (C=O) groups is 1. The van der Waals surface area contributed by atoms with Crippen LogP contribution >= 0.6 is 11.6 Å². The van der Waals surface area contributed by atoms with Gasteiger partial charge in [0.25, 0.3) is 5.56 Å². The fourth-order valence-electron chi connectivity index (χ4n) is 1.26. The van der Waals surface area contributed by atoms with Gasteiger partial charge in [-0.1, -0.05) is 11.6 Å². The summed E-state index contributed by atoms with van der Waals surface area (Å²) in [6, 6.07) is 0. The molecule has 7 nitrogen and oxygen atoms in total. The summed E-state index contributed by atoms with van der Waals surface area (Å²) in [5.41, 5.74) is -0.248. The highest BCUT2D eigenvalue weighted by atomic mass is 35.5. The second-order valence-electron chi connectivity index (χ2n) is 4.10. The van der Waals surface area contributed by atoms with Crippen molar-refractivity contribution in [3.05, 3.63) is 21.6 Å². The van der Waals surface area contributed by atoms with Crippen LogP contribution in [0, 0.1) is 0 Å². The molecule has 1 rings (SSSR count). The van der Waals surface area contributed by atoms with Crippen molar-refractivity contribution in [3.63, 3.8) is 0 Å². The zero-order valence-corrected chi connectivity index (χ0v) is 13.0. The molecule has 2 unspecified atom stereocenters. The lowest BCUT2D eigenvalue weighted by atomic mass is 10.4. The van der Waals surface area contributed by atoms with Crippen molar-refractivity contribution in [2.24, 2.45) is 0 Å². The van der Waals surface area contributed by atoms with Gasteiger partial charge >= 0.3 is 5.97 Å². The Hall–Kier alpha value is -1.41. The standard InChI is InChI=1S/C11H16ClN3O4S/c1-7(20(3)18)4-13-8-5-14-15(6-9(16)19-2)11(17)10(8)12/h5,7,13H,4,6H2,1-3H3. The van der Waals surface area contributed by atoms with E-state index in [9.17, 15) is 13.8 Å². The molecule has 20 heavy (non-hydrogen) atoms. The molecule has 0 saturated heterocycles. The van der Waals surface area contributed by atoms with Crippen LogP contribution in [0.1, 0.15) is 6.92 Å². The zero-order valence-electron chi connectivity index (χ0n) is 11.4. The highest BCUT2D eigenvalue weighted by Crippen LogP contribution is 2.15. The number of nitrogens with one attached hydrogen (secondary N) is 1. The van der Waals surface area contributed by atoms with Crippen LogP contribution in [0.3, 0.4) is 0 Å². The molecular formula is C11H16ClN3O4S. The molecule has 0 spiro atoms. The lowest BCUT2D eigenvalue weighted by Gasteiger charge is -2.12.